The van der Waals surface area contributed by atoms with Gasteiger partial charge >= 0.3 is 0 Å². The van der Waals surface area contributed by atoms with Gasteiger partial charge in [-0.05, 0) is 85.6 Å². The van der Waals surface area contributed by atoms with Crippen molar-refractivity contribution in [3.8, 4) is 0 Å². The van der Waals surface area contributed by atoms with Crippen LogP contribution in [-0.4, -0.2) is 25.1 Å². The van der Waals surface area contributed by atoms with Gasteiger partial charge in [-0.15, -0.1) is 0 Å². The van der Waals surface area contributed by atoms with Crippen molar-refractivity contribution >= 4 is 15.6 Å². The molecule has 2 aromatic rings. The van der Waals surface area contributed by atoms with E-state index in [1.54, 1.807) is 0 Å². The summed E-state index contributed by atoms with van der Waals surface area (Å²) in [5.41, 5.74) is 5.87. The van der Waals surface area contributed by atoms with Crippen LogP contribution >= 0.6 is 0 Å². The average molecular weight is 415 g/mol. The number of benzene rings is 1. The molecule has 0 atom stereocenters. The van der Waals surface area contributed by atoms with E-state index in [0.29, 0.717) is 18.4 Å². The van der Waals surface area contributed by atoms with Crippen molar-refractivity contribution in [3.05, 3.63) is 51.8 Å². The Labute approximate surface area is 171 Å². The van der Waals surface area contributed by atoms with E-state index in [9.17, 15) is 18.3 Å². The predicted octanol–water partition coefficient (Wildman–Crippen LogP) is 3.21. The Morgan fingerprint density at radius 2 is 1.66 bits per heavy atom. The zero-order valence-electron chi connectivity index (χ0n) is 16.5. The fourth-order valence-corrected chi connectivity index (χ4v) is 6.37. The van der Waals surface area contributed by atoms with Crippen molar-refractivity contribution in [2.24, 2.45) is 0 Å². The third-order valence-corrected chi connectivity index (χ3v) is 8.45. The van der Waals surface area contributed by atoms with Gasteiger partial charge in [0.25, 0.3) is 0 Å². The van der Waals surface area contributed by atoms with E-state index >= 15 is 0 Å². The number of furan rings is 1. The second kappa shape index (κ2) is 6.81. The van der Waals surface area contributed by atoms with E-state index < -0.39 is 21.2 Å². The lowest BCUT2D eigenvalue weighted by atomic mass is 9.76. The number of hydrogen-bond acceptors (Lipinski definition) is 5. The van der Waals surface area contributed by atoms with Crippen LogP contribution in [0, 0.1) is 0 Å². The first-order chi connectivity index (χ1) is 13.9. The van der Waals surface area contributed by atoms with E-state index in [-0.39, 0.29) is 17.3 Å². The van der Waals surface area contributed by atoms with Crippen molar-refractivity contribution in [2.75, 3.05) is 5.75 Å². The zero-order chi connectivity index (χ0) is 20.2. The Hall–Kier alpha value is -1.92. The molecule has 1 saturated carbocycles. The maximum atomic E-state index is 12.8. The molecule has 0 bridgehead atoms. The molecule has 3 aliphatic carbocycles. The van der Waals surface area contributed by atoms with Gasteiger partial charge in [0.2, 0.25) is 14.9 Å². The van der Waals surface area contributed by atoms with Gasteiger partial charge in [-0.25, -0.2) is 8.42 Å². The molecule has 0 saturated heterocycles. The Balaban J connectivity index is 1.36. The van der Waals surface area contributed by atoms with E-state index in [2.05, 4.69) is 6.07 Å². The second-order valence-electron chi connectivity index (χ2n) is 8.85. The highest BCUT2D eigenvalue weighted by atomic mass is 32.2. The van der Waals surface area contributed by atoms with Crippen LogP contribution in [0.2, 0.25) is 0 Å². The lowest BCUT2D eigenvalue weighted by molar-refractivity contribution is -0.116. The van der Waals surface area contributed by atoms with Gasteiger partial charge in [-0.1, -0.05) is 6.07 Å². The van der Waals surface area contributed by atoms with E-state index in [4.69, 9.17) is 4.42 Å². The summed E-state index contributed by atoms with van der Waals surface area (Å²) in [5.74, 6) is -0.851. The van der Waals surface area contributed by atoms with Crippen molar-refractivity contribution in [1.29, 1.82) is 0 Å². The lowest BCUT2D eigenvalue weighted by Gasteiger charge is -2.35. The van der Waals surface area contributed by atoms with Crippen LogP contribution in [0.25, 0.3) is 0 Å². The molecule has 0 unspecified atom stereocenters. The minimum absolute atomic E-state index is 0.183. The van der Waals surface area contributed by atoms with Crippen molar-refractivity contribution in [2.45, 2.75) is 74.9 Å². The van der Waals surface area contributed by atoms with E-state index in [0.717, 1.165) is 50.5 Å². The summed E-state index contributed by atoms with van der Waals surface area (Å²) < 4.78 is 30.8. The SMILES string of the molecule is O=C(Cc1c2c(cc3c1CCC3)CCC2)CS(=O)(=O)c1cc(C2(O)CCC2)co1. The lowest BCUT2D eigenvalue weighted by Crippen LogP contribution is -2.33. The molecule has 29 heavy (non-hydrogen) atoms. The largest absolute Gasteiger partial charge is 0.453 e. The van der Waals surface area contributed by atoms with Gasteiger partial charge in [-0.2, -0.15) is 0 Å². The number of carbonyl (C=O) groups excluding carboxylic acids is 1. The standard InChI is InChI=1S/C23H26O5S/c24-18(12-21-19-6-1-4-15(19)10-16-5-2-7-20(16)21)14-29(26,27)22-11-17(13-28-22)23(25)8-3-9-23/h10-11,13,25H,1-9,12,14H2. The normalized spacial score (nSPS) is 19.6. The molecule has 5 rings (SSSR count). The number of fused-ring (bicyclic) bond motifs is 2. The summed E-state index contributed by atoms with van der Waals surface area (Å²) in [5, 5.41) is 10.2. The fourth-order valence-electron chi connectivity index (χ4n) is 5.20. The first-order valence-corrected chi connectivity index (χ1v) is 12.2. The number of ketones is 1. The quantitative estimate of drug-likeness (QED) is 0.785. The zero-order valence-corrected chi connectivity index (χ0v) is 17.3. The smallest absolute Gasteiger partial charge is 0.218 e. The van der Waals surface area contributed by atoms with Gasteiger partial charge in [0.05, 0.1) is 11.9 Å². The summed E-state index contributed by atoms with van der Waals surface area (Å²) in [4.78, 5) is 12.8. The molecule has 1 heterocycles. The van der Waals surface area contributed by atoms with Crippen LogP contribution < -0.4 is 0 Å². The molecule has 1 aromatic carbocycles. The Kier molecular flexibility index (Phi) is 4.48. The predicted molar refractivity (Wildman–Crippen MR) is 108 cm³/mol. The second-order valence-corrected chi connectivity index (χ2v) is 10.8. The molecule has 0 amide bonds. The van der Waals surface area contributed by atoms with Crippen LogP contribution in [0.4, 0.5) is 0 Å². The average Bonchev–Trinajstić information content (AvgIpc) is 3.38. The molecule has 154 valence electrons. The molecule has 0 spiro atoms. The third-order valence-electron chi connectivity index (χ3n) is 6.92. The number of carbonyl (C=O) groups is 1. The number of Topliss-reactive ketones (excluding diaryl/α,β-unsaturated/α-hetero) is 1. The van der Waals surface area contributed by atoms with Crippen LogP contribution in [0.3, 0.4) is 0 Å². The maximum absolute atomic E-state index is 12.8. The molecule has 1 N–H and O–H groups in total. The Morgan fingerprint density at radius 1 is 1.00 bits per heavy atom. The molecule has 5 nitrogen and oxygen atoms in total. The third kappa shape index (κ3) is 3.26. The molecule has 6 heteroatoms. The van der Waals surface area contributed by atoms with Crippen molar-refractivity contribution in [1.82, 2.24) is 0 Å². The van der Waals surface area contributed by atoms with Crippen molar-refractivity contribution < 1.29 is 22.7 Å². The van der Waals surface area contributed by atoms with Gasteiger partial charge in [0, 0.05) is 18.1 Å². The van der Waals surface area contributed by atoms with Gasteiger partial charge in [0.1, 0.15) is 5.75 Å². The van der Waals surface area contributed by atoms with E-state index in [1.807, 2.05) is 0 Å². The highest BCUT2D eigenvalue weighted by molar-refractivity contribution is 7.92. The van der Waals surface area contributed by atoms with Gasteiger partial charge < -0.3 is 9.52 Å². The molecule has 0 aliphatic heterocycles. The summed E-state index contributed by atoms with van der Waals surface area (Å²) in [6.07, 6.45) is 9.91. The number of hydrogen-bond donors (Lipinski definition) is 1. The maximum Gasteiger partial charge on any atom is 0.218 e. The minimum atomic E-state index is -3.86. The Bertz CT molecular complexity index is 1060. The highest BCUT2D eigenvalue weighted by Gasteiger charge is 2.39. The molecule has 1 aromatic heterocycles. The number of sulfone groups is 1. The van der Waals surface area contributed by atoms with Crippen LogP contribution in [0.1, 0.15) is 65.5 Å². The summed E-state index contributed by atoms with van der Waals surface area (Å²) in [7, 11) is -3.86. The minimum Gasteiger partial charge on any atom is -0.453 e. The first kappa shape index (κ1) is 19.1. The van der Waals surface area contributed by atoms with Crippen molar-refractivity contribution in [3.63, 3.8) is 0 Å². The topological polar surface area (TPSA) is 84.6 Å². The fraction of sp³-hybridized carbons (Fsp3) is 0.522. The van der Waals surface area contributed by atoms with Gasteiger partial charge in [-0.3, -0.25) is 4.79 Å². The molecule has 3 aliphatic rings. The number of aryl methyl sites for hydroxylation is 2. The Morgan fingerprint density at radius 3 is 2.24 bits per heavy atom. The van der Waals surface area contributed by atoms with Crippen LogP contribution in [0.5, 0.6) is 0 Å². The number of rotatable bonds is 6. The summed E-state index contributed by atoms with van der Waals surface area (Å²) in [6.45, 7) is 0. The van der Waals surface area contributed by atoms with E-state index in [1.165, 1.54) is 34.6 Å². The monoisotopic (exact) mass is 414 g/mol. The molecular formula is C23H26O5S. The summed E-state index contributed by atoms with van der Waals surface area (Å²) in [6, 6.07) is 3.70. The highest BCUT2D eigenvalue weighted by Crippen LogP contribution is 2.42. The molecule has 1 fully saturated rings. The molecular weight excluding hydrogens is 388 g/mol. The van der Waals surface area contributed by atoms with Crippen LogP contribution in [-0.2, 0) is 52.3 Å². The first-order valence-electron chi connectivity index (χ1n) is 10.6. The molecule has 0 radical (unpaired) electrons. The van der Waals surface area contributed by atoms with Crippen LogP contribution in [0.15, 0.2) is 27.9 Å². The van der Waals surface area contributed by atoms with Gasteiger partial charge in [0.15, 0.2) is 5.78 Å². The summed E-state index contributed by atoms with van der Waals surface area (Å²) >= 11 is 0. The number of aliphatic hydroxyl groups is 1.